The van der Waals surface area contributed by atoms with E-state index < -0.39 is 0 Å². The summed E-state index contributed by atoms with van der Waals surface area (Å²) >= 11 is 13.3. The van der Waals surface area contributed by atoms with Gasteiger partial charge in [0.05, 0.1) is 21.1 Å². The Morgan fingerprint density at radius 1 is 0.684 bits per heavy atom. The molecule has 9 rings (SSSR count). The number of hydrogen-bond acceptors (Lipinski definition) is 6. The summed E-state index contributed by atoms with van der Waals surface area (Å²) in [6.07, 6.45) is 14.7. The van der Waals surface area contributed by atoms with Crippen LogP contribution in [0.2, 0.25) is 10.0 Å². The van der Waals surface area contributed by atoms with Crippen LogP contribution in [-0.4, -0.2) is 70.9 Å². The Hall–Kier alpha value is -4.08. The Balaban J connectivity index is 0.000000162. The van der Waals surface area contributed by atoms with E-state index in [1.165, 1.54) is 74.8 Å². The van der Waals surface area contributed by atoms with Crippen molar-refractivity contribution in [2.45, 2.75) is 103 Å². The standard InChI is InChI=1S/C26H28ClN3O.C21H26ClN3O/c27-25-21-8-1-2-9-23(21)29-24-15-20(10-11-22(24)25)26(31)28-16-18-6-5-7-19(14-18)17-30-12-3-4-13-30;1-25-12-4-5-15(25)10-11-23-21(26)14-8-9-17-19(13-14)24-18-7-3-2-6-16(18)20(17)22/h5-7,10-11,14-15H,1-4,8-9,12-13,16-17H2,(H,28,31);8-9,13,15H,2-7,10-12H2,1H3,(H,23,26). The van der Waals surface area contributed by atoms with E-state index in [2.05, 4.69) is 51.7 Å². The molecule has 0 saturated carbocycles. The van der Waals surface area contributed by atoms with Gasteiger partial charge in [0.2, 0.25) is 0 Å². The van der Waals surface area contributed by atoms with Crippen molar-refractivity contribution in [3.8, 4) is 0 Å². The van der Waals surface area contributed by atoms with Gasteiger partial charge in [-0.3, -0.25) is 24.5 Å². The fraction of sp³-hybridized carbons (Fsp3) is 0.447. The van der Waals surface area contributed by atoms with Gasteiger partial charge in [-0.25, -0.2) is 0 Å². The number of aromatic nitrogens is 2. The van der Waals surface area contributed by atoms with Gasteiger partial charge < -0.3 is 15.5 Å². The van der Waals surface area contributed by atoms with Crippen LogP contribution in [0.15, 0.2) is 60.7 Å². The van der Waals surface area contributed by atoms with Crippen LogP contribution in [0.1, 0.15) is 112 Å². The molecular formula is C47H54Cl2N6O2. The molecule has 1 atom stereocenters. The normalized spacial score (nSPS) is 18.2. The van der Waals surface area contributed by atoms with Crippen LogP contribution in [0.25, 0.3) is 21.8 Å². The molecule has 2 amide bonds. The summed E-state index contributed by atoms with van der Waals surface area (Å²) in [5.74, 6) is -0.106. The molecule has 298 valence electrons. The Morgan fingerprint density at radius 3 is 1.86 bits per heavy atom. The van der Waals surface area contributed by atoms with Gasteiger partial charge in [-0.1, -0.05) is 59.6 Å². The minimum Gasteiger partial charge on any atom is -0.352 e. The zero-order valence-electron chi connectivity index (χ0n) is 33.1. The Bertz CT molecular complexity index is 2270. The van der Waals surface area contributed by atoms with Crippen LogP contribution in [0.4, 0.5) is 0 Å². The maximum Gasteiger partial charge on any atom is 0.251 e. The molecule has 4 aliphatic rings. The SMILES string of the molecule is CN1CCCC1CCNC(=O)c1ccc2c(Cl)c3c(nc2c1)CCCC3.O=C(NCc1cccc(CN2CCCC2)c1)c1ccc2c(Cl)c3c(nc2c1)CCCC3. The van der Waals surface area contributed by atoms with Gasteiger partial charge in [0, 0.05) is 59.0 Å². The molecule has 0 radical (unpaired) electrons. The quantitative estimate of drug-likeness (QED) is 0.155. The average molecular weight is 806 g/mol. The van der Waals surface area contributed by atoms with Crippen LogP contribution < -0.4 is 10.6 Å². The lowest BCUT2D eigenvalue weighted by Crippen LogP contribution is -2.31. The summed E-state index contributed by atoms with van der Waals surface area (Å²) < 4.78 is 0. The van der Waals surface area contributed by atoms with Gasteiger partial charge in [-0.2, -0.15) is 0 Å². The molecule has 2 aromatic heterocycles. The summed E-state index contributed by atoms with van der Waals surface area (Å²) in [6.45, 7) is 5.75. The van der Waals surface area contributed by atoms with Gasteiger partial charge in [0.1, 0.15) is 0 Å². The third-order valence-electron chi connectivity index (χ3n) is 12.4. The summed E-state index contributed by atoms with van der Waals surface area (Å²) in [6, 6.07) is 20.5. The highest BCUT2D eigenvalue weighted by Gasteiger charge is 2.22. The fourth-order valence-electron chi connectivity index (χ4n) is 9.14. The second-order valence-electron chi connectivity index (χ2n) is 16.4. The monoisotopic (exact) mass is 804 g/mol. The molecule has 0 bridgehead atoms. The van der Waals surface area contributed by atoms with Crippen molar-refractivity contribution in [1.82, 2.24) is 30.4 Å². The number of nitrogens with zero attached hydrogens (tertiary/aromatic N) is 4. The highest BCUT2D eigenvalue weighted by atomic mass is 35.5. The molecule has 57 heavy (non-hydrogen) atoms. The smallest absolute Gasteiger partial charge is 0.251 e. The van der Waals surface area contributed by atoms with Gasteiger partial charge in [0.15, 0.2) is 0 Å². The van der Waals surface area contributed by atoms with E-state index in [0.29, 0.717) is 30.3 Å². The predicted octanol–water partition coefficient (Wildman–Crippen LogP) is 9.27. The Labute approximate surface area is 346 Å². The highest BCUT2D eigenvalue weighted by Crippen LogP contribution is 2.34. The van der Waals surface area contributed by atoms with Crippen molar-refractivity contribution in [3.63, 3.8) is 0 Å². The van der Waals surface area contributed by atoms with Gasteiger partial charge in [-0.15, -0.1) is 0 Å². The second-order valence-corrected chi connectivity index (χ2v) is 17.1. The number of nitrogens with one attached hydrogen (secondary N) is 2. The largest absolute Gasteiger partial charge is 0.352 e. The first-order chi connectivity index (χ1) is 27.8. The number of rotatable bonds is 9. The molecule has 5 aromatic rings. The number of pyridine rings is 2. The molecule has 2 aliphatic heterocycles. The number of hydrogen-bond donors (Lipinski definition) is 2. The third kappa shape index (κ3) is 9.30. The number of carbonyl (C=O) groups is 2. The average Bonchev–Trinajstić information content (AvgIpc) is 3.91. The molecule has 2 saturated heterocycles. The van der Waals surface area contributed by atoms with E-state index in [-0.39, 0.29) is 11.8 Å². The minimum absolute atomic E-state index is 0.0248. The van der Waals surface area contributed by atoms with Gasteiger partial charge in [-0.05, 0) is 157 Å². The number of amides is 2. The predicted molar refractivity (Wildman–Crippen MR) is 232 cm³/mol. The molecule has 2 fully saturated rings. The lowest BCUT2D eigenvalue weighted by Gasteiger charge is -2.19. The molecule has 2 aliphatic carbocycles. The van der Waals surface area contributed by atoms with Crippen molar-refractivity contribution in [3.05, 3.63) is 115 Å². The van der Waals surface area contributed by atoms with Crippen LogP contribution in [0.5, 0.6) is 0 Å². The van der Waals surface area contributed by atoms with Crippen LogP contribution in [0, 0.1) is 0 Å². The van der Waals surface area contributed by atoms with Crippen molar-refractivity contribution in [2.24, 2.45) is 0 Å². The third-order valence-corrected chi connectivity index (χ3v) is 13.3. The van der Waals surface area contributed by atoms with Gasteiger partial charge >= 0.3 is 0 Å². The maximum atomic E-state index is 12.8. The van der Waals surface area contributed by atoms with E-state index in [4.69, 9.17) is 33.2 Å². The zero-order chi connectivity index (χ0) is 39.3. The Kier molecular flexibility index (Phi) is 12.7. The van der Waals surface area contributed by atoms with E-state index in [1.807, 2.05) is 36.4 Å². The molecule has 0 spiro atoms. The van der Waals surface area contributed by atoms with Crippen molar-refractivity contribution >= 4 is 56.8 Å². The summed E-state index contributed by atoms with van der Waals surface area (Å²) in [5.41, 5.74) is 9.95. The van der Waals surface area contributed by atoms with Crippen molar-refractivity contribution in [1.29, 1.82) is 0 Å². The highest BCUT2D eigenvalue weighted by molar-refractivity contribution is 6.36. The Morgan fingerprint density at radius 2 is 1.26 bits per heavy atom. The van der Waals surface area contributed by atoms with Crippen molar-refractivity contribution < 1.29 is 9.59 Å². The maximum absolute atomic E-state index is 12.8. The van der Waals surface area contributed by atoms with E-state index >= 15 is 0 Å². The number of halogens is 2. The zero-order valence-corrected chi connectivity index (χ0v) is 34.7. The first-order valence-corrected chi connectivity index (χ1v) is 21.8. The summed E-state index contributed by atoms with van der Waals surface area (Å²) in [4.78, 5) is 39.9. The van der Waals surface area contributed by atoms with E-state index in [1.54, 1.807) is 0 Å². The number of aryl methyl sites for hydroxylation is 2. The molecule has 4 heterocycles. The molecule has 3 aromatic carbocycles. The minimum atomic E-state index is -0.0810. The van der Waals surface area contributed by atoms with E-state index in [0.717, 1.165) is 100 Å². The topological polar surface area (TPSA) is 90.5 Å². The molecular weight excluding hydrogens is 751 g/mol. The molecule has 10 heteroatoms. The van der Waals surface area contributed by atoms with Crippen LogP contribution in [0.3, 0.4) is 0 Å². The van der Waals surface area contributed by atoms with E-state index in [9.17, 15) is 9.59 Å². The van der Waals surface area contributed by atoms with Crippen LogP contribution >= 0.6 is 23.2 Å². The van der Waals surface area contributed by atoms with Crippen LogP contribution in [-0.2, 0) is 38.8 Å². The second kappa shape index (κ2) is 18.2. The first kappa shape index (κ1) is 39.7. The number of benzene rings is 3. The number of carbonyl (C=O) groups excluding carboxylic acids is 2. The first-order valence-electron chi connectivity index (χ1n) is 21.1. The number of likely N-dealkylation sites (tertiary alicyclic amines) is 2. The van der Waals surface area contributed by atoms with Gasteiger partial charge in [0.25, 0.3) is 11.8 Å². The summed E-state index contributed by atoms with van der Waals surface area (Å²) in [7, 11) is 2.17. The summed E-state index contributed by atoms with van der Waals surface area (Å²) in [5, 5.41) is 9.65. The number of fused-ring (bicyclic) bond motifs is 4. The molecule has 1 unspecified atom stereocenters. The van der Waals surface area contributed by atoms with Crippen molar-refractivity contribution in [2.75, 3.05) is 33.2 Å². The lowest BCUT2D eigenvalue weighted by atomic mass is 9.94. The molecule has 8 nitrogen and oxygen atoms in total. The fourth-order valence-corrected chi connectivity index (χ4v) is 9.86. The molecule has 2 N–H and O–H groups in total. The lowest BCUT2D eigenvalue weighted by molar-refractivity contribution is 0.0942.